The lowest BCUT2D eigenvalue weighted by atomic mass is 10.4. The van der Waals surface area contributed by atoms with Gasteiger partial charge in [-0.3, -0.25) is 0 Å². The molecule has 0 amide bonds. The maximum absolute atomic E-state index is 3.68. The second-order valence-electron chi connectivity index (χ2n) is 4.61. The molecule has 0 saturated heterocycles. The molecule has 0 heterocycles. The fraction of sp³-hybridized carbons (Fsp3) is 0.0526. The predicted molar refractivity (Wildman–Crippen MR) is 108 cm³/mol. The van der Waals surface area contributed by atoms with Crippen molar-refractivity contribution in [1.82, 2.24) is 0 Å². The van der Waals surface area contributed by atoms with Crippen LogP contribution in [-0.2, 0) is 0 Å². The zero-order valence-electron chi connectivity index (χ0n) is 12.1. The first-order valence-corrected chi connectivity index (χ1v) is 10.0. The summed E-state index contributed by atoms with van der Waals surface area (Å²) in [4.78, 5) is 0. The van der Waals surface area contributed by atoms with E-state index in [2.05, 4.69) is 99.1 Å². The molecule has 0 fully saturated rings. The Morgan fingerprint density at radius 1 is 0.773 bits per heavy atom. The third-order valence-electron chi connectivity index (χ3n) is 3.06. The van der Waals surface area contributed by atoms with E-state index in [9.17, 15) is 0 Å². The second kappa shape index (κ2) is 9.25. The Bertz CT molecular complexity index is 609. The van der Waals surface area contributed by atoms with Crippen molar-refractivity contribution in [3.8, 4) is 0 Å². The molecule has 0 aromatic heterocycles. The number of hydrogen-bond donors (Lipinski definition) is 0. The summed E-state index contributed by atoms with van der Waals surface area (Å²) in [6, 6.07) is 17.3. The van der Waals surface area contributed by atoms with Gasteiger partial charge >= 0.3 is 0 Å². The molecule has 0 aliphatic heterocycles. The molecule has 0 unspecified atom stereocenters. The SMILES string of the molecule is C=C/C=C\C=C/CP(c1ccc(Br)cc1)c1ccc(Br)cc1. The minimum Gasteiger partial charge on any atom is -0.0991 e. The van der Waals surface area contributed by atoms with E-state index in [0.29, 0.717) is 0 Å². The first-order chi connectivity index (χ1) is 10.7. The summed E-state index contributed by atoms with van der Waals surface area (Å²) >= 11 is 7.02. The summed E-state index contributed by atoms with van der Waals surface area (Å²) in [5.74, 6) is 0. The molecule has 22 heavy (non-hydrogen) atoms. The highest BCUT2D eigenvalue weighted by Gasteiger charge is 2.12. The monoisotopic (exact) mass is 434 g/mol. The van der Waals surface area contributed by atoms with Crippen LogP contribution in [0.3, 0.4) is 0 Å². The van der Waals surface area contributed by atoms with Crippen molar-refractivity contribution < 1.29 is 0 Å². The molecule has 0 bridgehead atoms. The van der Waals surface area contributed by atoms with E-state index in [1.807, 2.05) is 12.2 Å². The molecule has 0 aliphatic carbocycles. The Balaban J connectivity index is 2.25. The van der Waals surface area contributed by atoms with Crippen LogP contribution in [0.25, 0.3) is 0 Å². The molecule has 0 aliphatic rings. The quantitative estimate of drug-likeness (QED) is 0.389. The van der Waals surface area contributed by atoms with Gasteiger partial charge in [0.25, 0.3) is 0 Å². The van der Waals surface area contributed by atoms with Gasteiger partial charge in [-0.15, -0.1) is 0 Å². The molecular formula is C19H17Br2P. The largest absolute Gasteiger partial charge is 0.0991 e. The molecule has 0 spiro atoms. The second-order valence-corrected chi connectivity index (χ2v) is 8.70. The minimum atomic E-state index is -0.385. The number of halogens is 2. The summed E-state index contributed by atoms with van der Waals surface area (Å²) in [5, 5.41) is 2.77. The van der Waals surface area contributed by atoms with Gasteiger partial charge in [-0.1, -0.05) is 93.1 Å². The summed E-state index contributed by atoms with van der Waals surface area (Å²) < 4.78 is 2.23. The summed E-state index contributed by atoms with van der Waals surface area (Å²) in [5.41, 5.74) is 0. The molecule has 0 atom stereocenters. The number of rotatable bonds is 6. The Labute approximate surface area is 150 Å². The van der Waals surface area contributed by atoms with Gasteiger partial charge in [0.2, 0.25) is 0 Å². The highest BCUT2D eigenvalue weighted by atomic mass is 79.9. The lowest BCUT2D eigenvalue weighted by Gasteiger charge is -2.17. The van der Waals surface area contributed by atoms with Crippen LogP contribution in [0.15, 0.2) is 94.4 Å². The molecule has 0 N–H and O–H groups in total. The molecule has 0 saturated carbocycles. The first-order valence-electron chi connectivity index (χ1n) is 6.93. The summed E-state index contributed by atoms with van der Waals surface area (Å²) in [6.45, 7) is 3.68. The topological polar surface area (TPSA) is 0 Å². The van der Waals surface area contributed by atoms with Gasteiger partial charge in [-0.05, 0) is 49.0 Å². The van der Waals surface area contributed by atoms with Crippen molar-refractivity contribution in [3.05, 3.63) is 94.4 Å². The predicted octanol–water partition coefficient (Wildman–Crippen LogP) is 5.94. The third kappa shape index (κ3) is 5.35. The lowest BCUT2D eigenvalue weighted by Crippen LogP contribution is -2.13. The molecule has 0 nitrogen and oxygen atoms in total. The Hall–Kier alpha value is -0.950. The van der Waals surface area contributed by atoms with Crippen LogP contribution >= 0.6 is 39.8 Å². The van der Waals surface area contributed by atoms with Crippen LogP contribution in [0, 0.1) is 0 Å². The first kappa shape index (κ1) is 17.4. The average molecular weight is 436 g/mol. The van der Waals surface area contributed by atoms with Crippen LogP contribution in [-0.4, -0.2) is 6.16 Å². The van der Waals surface area contributed by atoms with Crippen LogP contribution in [0.2, 0.25) is 0 Å². The lowest BCUT2D eigenvalue weighted by molar-refractivity contribution is 1.65. The van der Waals surface area contributed by atoms with E-state index in [1.54, 1.807) is 6.08 Å². The highest BCUT2D eigenvalue weighted by molar-refractivity contribution is 9.10. The molecule has 2 aromatic rings. The van der Waals surface area contributed by atoms with Crippen LogP contribution < -0.4 is 10.6 Å². The molecule has 2 rings (SSSR count). The minimum absolute atomic E-state index is 0.385. The van der Waals surface area contributed by atoms with Gasteiger partial charge in [-0.25, -0.2) is 0 Å². The average Bonchev–Trinajstić information content (AvgIpc) is 2.53. The summed E-state index contributed by atoms with van der Waals surface area (Å²) in [6.07, 6.45) is 11.1. The maximum atomic E-state index is 3.68. The third-order valence-corrected chi connectivity index (χ3v) is 6.54. The molecule has 112 valence electrons. The van der Waals surface area contributed by atoms with E-state index in [0.717, 1.165) is 15.1 Å². The number of hydrogen-bond acceptors (Lipinski definition) is 0. The van der Waals surface area contributed by atoms with E-state index in [1.165, 1.54) is 10.6 Å². The molecule has 0 radical (unpaired) electrons. The fourth-order valence-corrected chi connectivity index (χ4v) is 4.59. The smallest absolute Gasteiger partial charge is 0.0175 e. The Morgan fingerprint density at radius 2 is 1.27 bits per heavy atom. The zero-order chi connectivity index (χ0) is 15.8. The fourth-order valence-electron chi connectivity index (χ4n) is 1.99. The van der Waals surface area contributed by atoms with Crippen molar-refractivity contribution >= 4 is 50.4 Å². The molecule has 2 aromatic carbocycles. The van der Waals surface area contributed by atoms with Gasteiger partial charge in [0, 0.05) is 8.95 Å². The van der Waals surface area contributed by atoms with Crippen molar-refractivity contribution in [2.45, 2.75) is 0 Å². The van der Waals surface area contributed by atoms with Crippen molar-refractivity contribution in [2.75, 3.05) is 6.16 Å². The Morgan fingerprint density at radius 3 is 1.73 bits per heavy atom. The van der Waals surface area contributed by atoms with E-state index >= 15 is 0 Å². The normalized spacial score (nSPS) is 11.6. The number of allylic oxidation sites excluding steroid dienone is 5. The van der Waals surface area contributed by atoms with Crippen LogP contribution in [0.5, 0.6) is 0 Å². The molecular weight excluding hydrogens is 419 g/mol. The van der Waals surface area contributed by atoms with E-state index in [-0.39, 0.29) is 7.92 Å². The zero-order valence-corrected chi connectivity index (χ0v) is 16.2. The van der Waals surface area contributed by atoms with Crippen LogP contribution in [0.4, 0.5) is 0 Å². The van der Waals surface area contributed by atoms with Gasteiger partial charge in [0.15, 0.2) is 0 Å². The summed E-state index contributed by atoms with van der Waals surface area (Å²) in [7, 11) is -0.385. The van der Waals surface area contributed by atoms with Crippen molar-refractivity contribution in [3.63, 3.8) is 0 Å². The number of benzene rings is 2. The van der Waals surface area contributed by atoms with Gasteiger partial charge in [-0.2, -0.15) is 0 Å². The standard InChI is InChI=1S/C19H17Br2P/c1-2-3-4-5-6-15-22(18-11-7-16(20)8-12-18)19-13-9-17(21)10-14-19/h2-14H,1,15H2/b4-3-,6-5-. The highest BCUT2D eigenvalue weighted by Crippen LogP contribution is 2.34. The Kier molecular flexibility index (Phi) is 7.32. The molecule has 3 heteroatoms. The van der Waals surface area contributed by atoms with E-state index < -0.39 is 0 Å². The van der Waals surface area contributed by atoms with Gasteiger partial charge < -0.3 is 0 Å². The van der Waals surface area contributed by atoms with Gasteiger partial charge in [0.1, 0.15) is 0 Å². The van der Waals surface area contributed by atoms with Crippen molar-refractivity contribution in [2.24, 2.45) is 0 Å². The van der Waals surface area contributed by atoms with Crippen LogP contribution in [0.1, 0.15) is 0 Å². The maximum Gasteiger partial charge on any atom is 0.0175 e. The van der Waals surface area contributed by atoms with Gasteiger partial charge in [0.05, 0.1) is 0 Å². The van der Waals surface area contributed by atoms with E-state index in [4.69, 9.17) is 0 Å². The van der Waals surface area contributed by atoms with Crippen molar-refractivity contribution in [1.29, 1.82) is 0 Å².